The molecule has 3 unspecified atom stereocenters. The van der Waals surface area contributed by atoms with E-state index in [1.165, 1.54) is 19.2 Å². The molecule has 4 nitrogen and oxygen atoms in total. The highest BCUT2D eigenvalue weighted by Gasteiger charge is 2.52. The Morgan fingerprint density at radius 2 is 2.15 bits per heavy atom. The van der Waals surface area contributed by atoms with Gasteiger partial charge in [-0.05, 0) is 43.7 Å². The molecule has 2 aliphatic heterocycles. The monoisotopic (exact) mass is 278 g/mol. The molecule has 0 aromatic heterocycles. The van der Waals surface area contributed by atoms with Gasteiger partial charge in [-0.15, -0.1) is 0 Å². The van der Waals surface area contributed by atoms with Crippen molar-refractivity contribution in [3.8, 4) is 0 Å². The van der Waals surface area contributed by atoms with Crippen LogP contribution in [0.5, 0.6) is 0 Å². The molecule has 0 spiro atoms. The van der Waals surface area contributed by atoms with Crippen LogP contribution in [0.1, 0.15) is 12.8 Å². The number of anilines is 1. The average Bonchev–Trinajstić information content (AvgIpc) is 2.88. The maximum absolute atomic E-state index is 13.0. The molecule has 2 saturated heterocycles. The van der Waals surface area contributed by atoms with Crippen molar-refractivity contribution in [3.05, 3.63) is 30.1 Å². The lowest BCUT2D eigenvalue weighted by Gasteiger charge is -2.41. The molecule has 20 heavy (non-hydrogen) atoms. The van der Waals surface area contributed by atoms with Crippen LogP contribution in [0.15, 0.2) is 24.3 Å². The van der Waals surface area contributed by atoms with Gasteiger partial charge < -0.3 is 15.0 Å². The van der Waals surface area contributed by atoms with E-state index < -0.39 is 5.54 Å². The number of esters is 1. The molecule has 0 aliphatic carbocycles. The van der Waals surface area contributed by atoms with Crippen LogP contribution < -0.4 is 5.32 Å². The van der Waals surface area contributed by atoms with Gasteiger partial charge in [-0.2, -0.15) is 0 Å². The van der Waals surface area contributed by atoms with Crippen molar-refractivity contribution < 1.29 is 13.9 Å². The lowest BCUT2D eigenvalue weighted by molar-refractivity contribution is -0.149. The van der Waals surface area contributed by atoms with E-state index in [9.17, 15) is 9.18 Å². The Balaban J connectivity index is 1.90. The normalized spacial score (nSPS) is 31.9. The highest BCUT2D eigenvalue weighted by atomic mass is 19.1. The summed E-state index contributed by atoms with van der Waals surface area (Å²) in [4.78, 5) is 14.7. The molecule has 2 aliphatic rings. The number of fused-ring (bicyclic) bond motifs is 2. The number of benzene rings is 1. The van der Waals surface area contributed by atoms with Crippen molar-refractivity contribution in [3.63, 3.8) is 0 Å². The van der Waals surface area contributed by atoms with E-state index in [1.807, 2.05) is 0 Å². The van der Waals surface area contributed by atoms with Crippen LogP contribution in [0.3, 0.4) is 0 Å². The summed E-state index contributed by atoms with van der Waals surface area (Å²) in [7, 11) is 1.43. The van der Waals surface area contributed by atoms with Crippen LogP contribution in [0.4, 0.5) is 10.1 Å². The smallest absolute Gasteiger partial charge is 0.331 e. The first kappa shape index (κ1) is 13.4. The van der Waals surface area contributed by atoms with Crippen LogP contribution in [0, 0.1) is 11.7 Å². The minimum Gasteiger partial charge on any atom is -0.467 e. The number of carbonyl (C=O) groups excluding carboxylic acids is 1. The molecule has 0 saturated carbocycles. The van der Waals surface area contributed by atoms with E-state index in [2.05, 4.69) is 10.2 Å². The maximum Gasteiger partial charge on any atom is 0.331 e. The molecule has 1 aromatic carbocycles. The first-order valence-electron chi connectivity index (χ1n) is 6.98. The summed E-state index contributed by atoms with van der Waals surface area (Å²) < 4.78 is 18.1. The Hall–Kier alpha value is -1.62. The topological polar surface area (TPSA) is 41.6 Å². The second-order valence-corrected chi connectivity index (χ2v) is 5.63. The summed E-state index contributed by atoms with van der Waals surface area (Å²) in [5.74, 6) is -0.250. The van der Waals surface area contributed by atoms with Crippen molar-refractivity contribution in [2.45, 2.75) is 18.4 Å². The number of halogens is 1. The number of ether oxygens (including phenoxy) is 1. The third-order valence-corrected chi connectivity index (χ3v) is 4.55. The first-order chi connectivity index (χ1) is 9.64. The molecule has 0 radical (unpaired) electrons. The molecule has 1 aromatic rings. The van der Waals surface area contributed by atoms with Gasteiger partial charge in [0.2, 0.25) is 0 Å². The van der Waals surface area contributed by atoms with E-state index in [0.717, 1.165) is 38.2 Å². The lowest BCUT2D eigenvalue weighted by atomic mass is 9.78. The Kier molecular flexibility index (Phi) is 3.38. The molecule has 3 rings (SSSR count). The van der Waals surface area contributed by atoms with Crippen molar-refractivity contribution >= 4 is 11.7 Å². The number of nitrogens with zero attached hydrogens (tertiary/aromatic N) is 1. The number of nitrogens with one attached hydrogen (secondary N) is 1. The molecule has 2 heterocycles. The predicted molar refractivity (Wildman–Crippen MR) is 73.9 cm³/mol. The zero-order chi connectivity index (χ0) is 14.2. The molecule has 2 bridgehead atoms. The number of carbonyl (C=O) groups is 1. The van der Waals surface area contributed by atoms with Crippen LogP contribution >= 0.6 is 0 Å². The van der Waals surface area contributed by atoms with E-state index in [1.54, 1.807) is 12.1 Å². The average molecular weight is 278 g/mol. The predicted octanol–water partition coefficient (Wildman–Crippen LogP) is 1.87. The Bertz CT molecular complexity index is 505. The highest BCUT2D eigenvalue weighted by molar-refractivity contribution is 5.85. The van der Waals surface area contributed by atoms with Crippen molar-refractivity contribution in [1.29, 1.82) is 0 Å². The molecule has 1 N–H and O–H groups in total. The van der Waals surface area contributed by atoms with E-state index in [-0.39, 0.29) is 17.7 Å². The van der Waals surface area contributed by atoms with Gasteiger partial charge in [-0.25, -0.2) is 9.18 Å². The Morgan fingerprint density at radius 3 is 2.85 bits per heavy atom. The zero-order valence-corrected chi connectivity index (χ0v) is 11.6. The second-order valence-electron chi connectivity index (χ2n) is 5.63. The van der Waals surface area contributed by atoms with Gasteiger partial charge >= 0.3 is 5.97 Å². The number of methoxy groups -OCH3 is 1. The standard InChI is InChI=1S/C15H19FN2O2/c1-20-14(19)15(7-9-18-8-6-11(15)10-18)17-13-4-2-12(16)3-5-13/h2-5,11,17H,6-10H2,1H3. The fraction of sp³-hybridized carbons (Fsp3) is 0.533. The molecule has 5 heteroatoms. The fourth-order valence-electron chi connectivity index (χ4n) is 3.43. The number of hydrogen-bond acceptors (Lipinski definition) is 4. The zero-order valence-electron chi connectivity index (χ0n) is 11.6. The summed E-state index contributed by atoms with van der Waals surface area (Å²) >= 11 is 0. The minimum absolute atomic E-state index is 0.214. The third kappa shape index (κ3) is 2.16. The second kappa shape index (κ2) is 5.05. The van der Waals surface area contributed by atoms with Crippen molar-refractivity contribution in [2.24, 2.45) is 5.92 Å². The highest BCUT2D eigenvalue weighted by Crippen LogP contribution is 2.39. The summed E-state index contributed by atoms with van der Waals surface area (Å²) in [6, 6.07) is 6.14. The van der Waals surface area contributed by atoms with Gasteiger partial charge in [0.1, 0.15) is 11.4 Å². The van der Waals surface area contributed by atoms with Gasteiger partial charge in [0.25, 0.3) is 0 Å². The van der Waals surface area contributed by atoms with E-state index in [4.69, 9.17) is 4.74 Å². The van der Waals surface area contributed by atoms with Crippen LogP contribution in [-0.2, 0) is 9.53 Å². The van der Waals surface area contributed by atoms with Gasteiger partial charge in [0, 0.05) is 24.7 Å². The summed E-state index contributed by atoms with van der Waals surface area (Å²) in [5, 5.41) is 3.33. The van der Waals surface area contributed by atoms with Crippen molar-refractivity contribution in [2.75, 3.05) is 32.1 Å². The van der Waals surface area contributed by atoms with E-state index >= 15 is 0 Å². The van der Waals surface area contributed by atoms with Gasteiger partial charge in [-0.1, -0.05) is 0 Å². The van der Waals surface area contributed by atoms with Crippen LogP contribution in [-0.4, -0.2) is 43.2 Å². The van der Waals surface area contributed by atoms with E-state index in [0.29, 0.717) is 0 Å². The summed E-state index contributed by atoms with van der Waals surface area (Å²) in [5.41, 5.74) is 0.0803. The van der Waals surface area contributed by atoms with Gasteiger partial charge in [-0.3, -0.25) is 0 Å². The van der Waals surface area contributed by atoms with Gasteiger partial charge in [0.15, 0.2) is 0 Å². The molecule has 3 atom stereocenters. The minimum atomic E-state index is -0.681. The number of rotatable bonds is 3. The number of hydrogen-bond donors (Lipinski definition) is 1. The molecule has 0 amide bonds. The summed E-state index contributed by atoms with van der Waals surface area (Å²) in [6.07, 6.45) is 1.71. The van der Waals surface area contributed by atoms with Gasteiger partial charge in [0.05, 0.1) is 7.11 Å². The largest absolute Gasteiger partial charge is 0.467 e. The SMILES string of the molecule is COC(=O)C1(Nc2ccc(F)cc2)CCN2CCC1C2. The lowest BCUT2D eigenvalue weighted by Crippen LogP contribution is -2.57. The fourth-order valence-corrected chi connectivity index (χ4v) is 3.43. The summed E-state index contributed by atoms with van der Waals surface area (Å²) in [6.45, 7) is 2.84. The molecule has 2 fully saturated rings. The number of piperidine rings is 1. The Morgan fingerprint density at radius 1 is 1.40 bits per heavy atom. The Labute approximate surface area is 117 Å². The quantitative estimate of drug-likeness (QED) is 0.857. The molecular weight excluding hydrogens is 259 g/mol. The maximum atomic E-state index is 13.0. The van der Waals surface area contributed by atoms with Crippen LogP contribution in [0.25, 0.3) is 0 Å². The molecule has 108 valence electrons. The van der Waals surface area contributed by atoms with Crippen molar-refractivity contribution in [1.82, 2.24) is 4.90 Å². The molecular formula is C15H19FN2O2. The van der Waals surface area contributed by atoms with Crippen LogP contribution in [0.2, 0.25) is 0 Å². The third-order valence-electron chi connectivity index (χ3n) is 4.55. The first-order valence-corrected chi connectivity index (χ1v) is 6.98.